The Morgan fingerprint density at radius 3 is 1.87 bits per heavy atom. The zero-order chi connectivity index (χ0) is 11.8. The smallest absolute Gasteiger partial charge is 0.00385 e. The quantitative estimate of drug-likeness (QED) is 0.613. The van der Waals surface area contributed by atoms with Crippen molar-refractivity contribution in [3.63, 3.8) is 0 Å². The van der Waals surface area contributed by atoms with Crippen LogP contribution in [0.1, 0.15) is 40.5 Å². The van der Waals surface area contributed by atoms with Gasteiger partial charge in [-0.15, -0.1) is 0 Å². The van der Waals surface area contributed by atoms with Crippen molar-refractivity contribution in [3.05, 3.63) is 0 Å². The molecule has 0 fully saturated rings. The van der Waals surface area contributed by atoms with Crippen LogP contribution in [0.15, 0.2) is 0 Å². The van der Waals surface area contributed by atoms with Crippen molar-refractivity contribution >= 4 is 0 Å². The molecule has 0 saturated carbocycles. The Kier molecular flexibility index (Phi) is 8.07. The summed E-state index contributed by atoms with van der Waals surface area (Å²) < 4.78 is 0. The van der Waals surface area contributed by atoms with Crippen LogP contribution in [0.3, 0.4) is 0 Å². The monoisotopic (exact) mass is 214 g/mol. The number of rotatable bonds is 8. The summed E-state index contributed by atoms with van der Waals surface area (Å²) in [6.45, 7) is 12.9. The summed E-state index contributed by atoms with van der Waals surface area (Å²) in [5, 5.41) is 0. The van der Waals surface area contributed by atoms with E-state index in [-0.39, 0.29) is 0 Å². The van der Waals surface area contributed by atoms with Crippen LogP contribution < -0.4 is 0 Å². The van der Waals surface area contributed by atoms with Gasteiger partial charge < -0.3 is 9.80 Å². The highest BCUT2D eigenvalue weighted by Gasteiger charge is 2.09. The molecule has 0 unspecified atom stereocenters. The second kappa shape index (κ2) is 8.12. The average Bonchev–Trinajstić information content (AvgIpc) is 2.09. The first kappa shape index (κ1) is 14.9. The van der Waals surface area contributed by atoms with Crippen molar-refractivity contribution in [1.82, 2.24) is 9.80 Å². The standard InChI is InChI=1S/C13H30N2/c1-12(2)8-11-15(13(3)4)10-7-9-14(5)6/h12-13H,7-11H2,1-6H3. The molecule has 92 valence electrons. The molecule has 2 heteroatoms. The average molecular weight is 214 g/mol. The van der Waals surface area contributed by atoms with E-state index in [1.165, 1.54) is 32.5 Å². The molecule has 0 atom stereocenters. The van der Waals surface area contributed by atoms with Crippen LogP contribution in [0.2, 0.25) is 0 Å². The van der Waals surface area contributed by atoms with Crippen molar-refractivity contribution < 1.29 is 0 Å². The highest BCUT2D eigenvalue weighted by atomic mass is 15.1. The summed E-state index contributed by atoms with van der Waals surface area (Å²) in [5.41, 5.74) is 0. The molecule has 0 saturated heterocycles. The number of hydrogen-bond acceptors (Lipinski definition) is 2. The van der Waals surface area contributed by atoms with E-state index >= 15 is 0 Å². The summed E-state index contributed by atoms with van der Waals surface area (Å²) >= 11 is 0. The van der Waals surface area contributed by atoms with E-state index in [1.54, 1.807) is 0 Å². The van der Waals surface area contributed by atoms with Gasteiger partial charge in [0.2, 0.25) is 0 Å². The van der Waals surface area contributed by atoms with E-state index in [0.717, 1.165) is 5.92 Å². The van der Waals surface area contributed by atoms with Crippen LogP contribution in [0, 0.1) is 5.92 Å². The molecule has 0 rings (SSSR count). The SMILES string of the molecule is CC(C)CCN(CCCN(C)C)C(C)C. The molecule has 2 nitrogen and oxygen atoms in total. The highest BCUT2D eigenvalue weighted by molar-refractivity contribution is 4.64. The van der Waals surface area contributed by atoms with Crippen LogP contribution >= 0.6 is 0 Å². The van der Waals surface area contributed by atoms with Gasteiger partial charge in [-0.1, -0.05) is 13.8 Å². The lowest BCUT2D eigenvalue weighted by atomic mass is 10.1. The second-order valence-electron chi connectivity index (χ2n) is 5.47. The second-order valence-corrected chi connectivity index (χ2v) is 5.47. The molecular weight excluding hydrogens is 184 g/mol. The van der Waals surface area contributed by atoms with Crippen molar-refractivity contribution in [1.29, 1.82) is 0 Å². The summed E-state index contributed by atoms with van der Waals surface area (Å²) in [4.78, 5) is 4.87. The van der Waals surface area contributed by atoms with Gasteiger partial charge in [0.1, 0.15) is 0 Å². The lowest BCUT2D eigenvalue weighted by molar-refractivity contribution is 0.199. The molecule has 0 aliphatic heterocycles. The van der Waals surface area contributed by atoms with E-state index in [9.17, 15) is 0 Å². The summed E-state index contributed by atoms with van der Waals surface area (Å²) in [5.74, 6) is 0.820. The van der Waals surface area contributed by atoms with Crippen LogP contribution in [0.4, 0.5) is 0 Å². The molecular formula is C13H30N2. The topological polar surface area (TPSA) is 6.48 Å². The summed E-state index contributed by atoms with van der Waals surface area (Å²) in [6.07, 6.45) is 2.60. The maximum Gasteiger partial charge on any atom is 0.00385 e. The minimum absolute atomic E-state index is 0.686. The minimum Gasteiger partial charge on any atom is -0.309 e. The maximum atomic E-state index is 2.60. The molecule has 0 amide bonds. The molecule has 0 N–H and O–H groups in total. The maximum absolute atomic E-state index is 2.60. The third-order valence-electron chi connectivity index (χ3n) is 2.77. The first-order chi connectivity index (χ1) is 6.93. The largest absolute Gasteiger partial charge is 0.309 e. The first-order valence-electron chi connectivity index (χ1n) is 6.32. The predicted molar refractivity (Wildman–Crippen MR) is 69.3 cm³/mol. The van der Waals surface area contributed by atoms with Gasteiger partial charge in [0.05, 0.1) is 0 Å². The Morgan fingerprint density at radius 1 is 0.867 bits per heavy atom. The van der Waals surface area contributed by atoms with E-state index in [0.29, 0.717) is 6.04 Å². The Balaban J connectivity index is 3.73. The molecule has 15 heavy (non-hydrogen) atoms. The zero-order valence-electron chi connectivity index (χ0n) is 11.6. The van der Waals surface area contributed by atoms with Gasteiger partial charge >= 0.3 is 0 Å². The van der Waals surface area contributed by atoms with Gasteiger partial charge in [0.15, 0.2) is 0 Å². The van der Waals surface area contributed by atoms with Gasteiger partial charge in [-0.05, 0) is 66.3 Å². The van der Waals surface area contributed by atoms with Crippen LogP contribution in [0.25, 0.3) is 0 Å². The Morgan fingerprint density at radius 2 is 1.47 bits per heavy atom. The first-order valence-corrected chi connectivity index (χ1v) is 6.32. The Labute approximate surface area is 96.6 Å². The molecule has 0 aromatic heterocycles. The zero-order valence-corrected chi connectivity index (χ0v) is 11.6. The van der Waals surface area contributed by atoms with Gasteiger partial charge in [0, 0.05) is 6.04 Å². The molecule has 0 bridgehead atoms. The predicted octanol–water partition coefficient (Wildman–Crippen LogP) is 2.69. The molecule has 0 spiro atoms. The van der Waals surface area contributed by atoms with Crippen molar-refractivity contribution in [2.24, 2.45) is 5.92 Å². The van der Waals surface area contributed by atoms with Crippen molar-refractivity contribution in [2.75, 3.05) is 33.7 Å². The summed E-state index contributed by atoms with van der Waals surface area (Å²) in [7, 11) is 4.29. The van der Waals surface area contributed by atoms with Gasteiger partial charge in [-0.25, -0.2) is 0 Å². The fourth-order valence-electron chi connectivity index (χ4n) is 1.64. The fraction of sp³-hybridized carbons (Fsp3) is 1.00. The molecule has 0 heterocycles. The molecule has 0 aromatic carbocycles. The van der Waals surface area contributed by atoms with Crippen LogP contribution in [0.5, 0.6) is 0 Å². The van der Waals surface area contributed by atoms with E-state index in [4.69, 9.17) is 0 Å². The van der Waals surface area contributed by atoms with Gasteiger partial charge in [0.25, 0.3) is 0 Å². The van der Waals surface area contributed by atoms with Crippen molar-refractivity contribution in [3.8, 4) is 0 Å². The number of nitrogens with zero attached hydrogens (tertiary/aromatic N) is 2. The van der Waals surface area contributed by atoms with E-state index in [2.05, 4.69) is 51.6 Å². The third kappa shape index (κ3) is 8.88. The molecule has 0 aromatic rings. The van der Waals surface area contributed by atoms with E-state index in [1.807, 2.05) is 0 Å². The van der Waals surface area contributed by atoms with E-state index < -0.39 is 0 Å². The minimum atomic E-state index is 0.686. The fourth-order valence-corrected chi connectivity index (χ4v) is 1.64. The molecule has 0 aliphatic carbocycles. The highest BCUT2D eigenvalue weighted by Crippen LogP contribution is 2.06. The number of hydrogen-bond donors (Lipinski definition) is 0. The third-order valence-corrected chi connectivity index (χ3v) is 2.77. The molecule has 0 aliphatic rings. The van der Waals surface area contributed by atoms with Crippen LogP contribution in [-0.4, -0.2) is 49.6 Å². The Bertz CT molecular complexity index is 141. The van der Waals surface area contributed by atoms with Crippen LogP contribution in [-0.2, 0) is 0 Å². The van der Waals surface area contributed by atoms with Gasteiger partial charge in [-0.2, -0.15) is 0 Å². The Hall–Kier alpha value is -0.0800. The lowest BCUT2D eigenvalue weighted by Crippen LogP contribution is -2.34. The summed E-state index contributed by atoms with van der Waals surface area (Å²) in [6, 6.07) is 0.686. The normalized spacial score (nSPS) is 12.4. The van der Waals surface area contributed by atoms with Crippen molar-refractivity contribution in [2.45, 2.75) is 46.6 Å². The van der Waals surface area contributed by atoms with Gasteiger partial charge in [-0.3, -0.25) is 0 Å². The lowest BCUT2D eigenvalue weighted by Gasteiger charge is -2.27. The molecule has 0 radical (unpaired) electrons.